The third-order valence-corrected chi connectivity index (χ3v) is 4.79. The number of hydrogen-bond donors (Lipinski definition) is 2. The lowest BCUT2D eigenvalue weighted by Crippen LogP contribution is -2.46. The molecule has 2 heterocycles. The molecule has 3 rings (SSSR count). The third-order valence-electron chi connectivity index (χ3n) is 4.79. The summed E-state index contributed by atoms with van der Waals surface area (Å²) in [6.45, 7) is 1.24. The number of nitrogens with one attached hydrogen (secondary N) is 1. The van der Waals surface area contributed by atoms with Crippen LogP contribution in [0.4, 0.5) is 4.79 Å². The molecule has 1 aliphatic heterocycles. The average molecular weight is 333 g/mol. The first-order chi connectivity index (χ1) is 11.6. The first kappa shape index (κ1) is 16.5. The van der Waals surface area contributed by atoms with Gasteiger partial charge in [0.2, 0.25) is 0 Å². The Bertz CT molecular complexity index is 572. The maximum absolute atomic E-state index is 12.4. The summed E-state index contributed by atoms with van der Waals surface area (Å²) in [4.78, 5) is 29.1. The predicted octanol–water partition coefficient (Wildman–Crippen LogP) is 1.89. The molecule has 1 aliphatic carbocycles. The van der Waals surface area contributed by atoms with E-state index in [0.717, 1.165) is 25.0 Å². The van der Waals surface area contributed by atoms with Gasteiger partial charge in [-0.25, -0.2) is 4.79 Å². The van der Waals surface area contributed by atoms with Crippen LogP contribution >= 0.6 is 0 Å². The fourth-order valence-corrected chi connectivity index (χ4v) is 3.37. The lowest BCUT2D eigenvalue weighted by molar-refractivity contribution is -0.142. The van der Waals surface area contributed by atoms with Crippen LogP contribution in [-0.2, 0) is 4.79 Å². The topological polar surface area (TPSA) is 91.8 Å². The van der Waals surface area contributed by atoms with Gasteiger partial charge in [0.05, 0.1) is 12.5 Å². The van der Waals surface area contributed by atoms with E-state index in [-0.39, 0.29) is 24.1 Å². The molecule has 2 N–H and O–H groups in total. The molecule has 0 spiro atoms. The van der Waals surface area contributed by atoms with Gasteiger partial charge in [0.1, 0.15) is 11.9 Å². The van der Waals surface area contributed by atoms with Crippen LogP contribution in [0.3, 0.4) is 0 Å². The molecule has 1 unspecified atom stereocenters. The minimum absolute atomic E-state index is 0.000830. The van der Waals surface area contributed by atoms with E-state index >= 15 is 0 Å². The first-order valence-electron chi connectivity index (χ1n) is 8.46. The van der Waals surface area contributed by atoms with Gasteiger partial charge >= 0.3 is 12.0 Å². The molecule has 130 valence electrons. The van der Waals surface area contributed by atoms with Crippen molar-refractivity contribution in [3.63, 3.8) is 0 Å². The summed E-state index contributed by atoms with van der Waals surface area (Å²) in [6, 6.07) is 3.62. The number of aliphatic carboxylic acids is 1. The number of ether oxygens (including phenoxy) is 1. The molecule has 7 nitrogen and oxygen atoms in total. The summed E-state index contributed by atoms with van der Waals surface area (Å²) in [5.74, 6) is -0.220. The van der Waals surface area contributed by atoms with Crippen LogP contribution in [0, 0.1) is 5.92 Å². The van der Waals surface area contributed by atoms with Crippen molar-refractivity contribution >= 4 is 12.0 Å². The Kier molecular flexibility index (Phi) is 5.17. The van der Waals surface area contributed by atoms with E-state index in [0.29, 0.717) is 25.9 Å². The van der Waals surface area contributed by atoms with E-state index in [9.17, 15) is 9.59 Å². The van der Waals surface area contributed by atoms with Crippen LogP contribution in [-0.4, -0.2) is 52.2 Å². The molecule has 2 amide bonds. The highest BCUT2D eigenvalue weighted by molar-refractivity contribution is 5.75. The van der Waals surface area contributed by atoms with Crippen molar-refractivity contribution in [1.82, 2.24) is 15.2 Å². The van der Waals surface area contributed by atoms with Crippen molar-refractivity contribution in [1.29, 1.82) is 0 Å². The van der Waals surface area contributed by atoms with E-state index in [4.69, 9.17) is 9.84 Å². The normalized spacial score (nSPS) is 26.8. The van der Waals surface area contributed by atoms with E-state index in [2.05, 4.69) is 10.3 Å². The second kappa shape index (κ2) is 7.51. The summed E-state index contributed by atoms with van der Waals surface area (Å²) < 4.78 is 5.86. The van der Waals surface area contributed by atoms with Crippen LogP contribution in [0.15, 0.2) is 24.5 Å². The number of carboxylic acids is 1. The van der Waals surface area contributed by atoms with Gasteiger partial charge < -0.3 is 20.1 Å². The maximum Gasteiger partial charge on any atom is 0.317 e. The molecule has 24 heavy (non-hydrogen) atoms. The Hall–Kier alpha value is -2.31. The smallest absolute Gasteiger partial charge is 0.317 e. The fraction of sp³-hybridized carbons (Fsp3) is 0.588. The zero-order chi connectivity index (χ0) is 16.9. The fourth-order valence-electron chi connectivity index (χ4n) is 3.37. The van der Waals surface area contributed by atoms with Crippen molar-refractivity contribution in [2.45, 2.75) is 44.2 Å². The van der Waals surface area contributed by atoms with Crippen LogP contribution in [0.1, 0.15) is 32.1 Å². The SMILES string of the molecule is O=C(O)C1CCC(NC(=O)N2CCC(Oc3ccncc3)C2)CC1. The zero-order valence-corrected chi connectivity index (χ0v) is 13.6. The Balaban J connectivity index is 1.43. The van der Waals surface area contributed by atoms with Gasteiger partial charge in [-0.15, -0.1) is 0 Å². The van der Waals surface area contributed by atoms with E-state index in [1.165, 1.54) is 0 Å². The highest BCUT2D eigenvalue weighted by Crippen LogP contribution is 2.25. The number of nitrogens with zero attached hydrogens (tertiary/aromatic N) is 2. The van der Waals surface area contributed by atoms with Crippen LogP contribution < -0.4 is 10.1 Å². The Morgan fingerprint density at radius 1 is 1.17 bits per heavy atom. The molecular formula is C17H23N3O4. The van der Waals surface area contributed by atoms with Gasteiger partial charge in [0, 0.05) is 31.4 Å². The second-order valence-electron chi connectivity index (χ2n) is 6.49. The van der Waals surface area contributed by atoms with Crippen molar-refractivity contribution < 1.29 is 19.4 Å². The van der Waals surface area contributed by atoms with Gasteiger partial charge in [-0.2, -0.15) is 0 Å². The zero-order valence-electron chi connectivity index (χ0n) is 13.6. The van der Waals surface area contributed by atoms with E-state index in [1.807, 2.05) is 12.1 Å². The first-order valence-corrected chi connectivity index (χ1v) is 8.46. The van der Waals surface area contributed by atoms with E-state index in [1.54, 1.807) is 17.3 Å². The summed E-state index contributed by atoms with van der Waals surface area (Å²) in [5.41, 5.74) is 0. The molecule has 0 bridgehead atoms. The van der Waals surface area contributed by atoms with Crippen LogP contribution in [0.2, 0.25) is 0 Å². The number of amides is 2. The lowest BCUT2D eigenvalue weighted by Gasteiger charge is -2.28. The number of carboxylic acid groups (broad SMARTS) is 1. The highest BCUT2D eigenvalue weighted by Gasteiger charge is 2.31. The second-order valence-corrected chi connectivity index (χ2v) is 6.49. The van der Waals surface area contributed by atoms with Crippen molar-refractivity contribution in [2.75, 3.05) is 13.1 Å². The summed E-state index contributed by atoms with van der Waals surface area (Å²) in [7, 11) is 0. The van der Waals surface area contributed by atoms with Crippen molar-refractivity contribution in [2.24, 2.45) is 5.92 Å². The minimum Gasteiger partial charge on any atom is -0.488 e. The quantitative estimate of drug-likeness (QED) is 0.878. The molecule has 1 saturated heterocycles. The Labute approximate surface area is 141 Å². The number of carbonyl (C=O) groups excluding carboxylic acids is 1. The molecular weight excluding hydrogens is 310 g/mol. The molecule has 1 aromatic heterocycles. The number of carbonyl (C=O) groups is 2. The minimum atomic E-state index is -0.726. The molecule has 1 atom stereocenters. The van der Waals surface area contributed by atoms with Crippen molar-refractivity contribution in [3.8, 4) is 5.75 Å². The van der Waals surface area contributed by atoms with Crippen molar-refractivity contribution in [3.05, 3.63) is 24.5 Å². The largest absolute Gasteiger partial charge is 0.488 e. The van der Waals surface area contributed by atoms with Crippen LogP contribution in [0.5, 0.6) is 5.75 Å². The molecule has 7 heteroatoms. The van der Waals surface area contributed by atoms with Gasteiger partial charge in [-0.1, -0.05) is 0 Å². The summed E-state index contributed by atoms with van der Waals surface area (Å²) >= 11 is 0. The average Bonchev–Trinajstić information content (AvgIpc) is 3.05. The van der Waals surface area contributed by atoms with Crippen LogP contribution in [0.25, 0.3) is 0 Å². The highest BCUT2D eigenvalue weighted by atomic mass is 16.5. The Morgan fingerprint density at radius 2 is 1.88 bits per heavy atom. The van der Waals surface area contributed by atoms with Gasteiger partial charge in [0.25, 0.3) is 0 Å². The van der Waals surface area contributed by atoms with E-state index < -0.39 is 5.97 Å². The number of urea groups is 1. The molecule has 1 saturated carbocycles. The summed E-state index contributed by atoms with van der Waals surface area (Å²) in [6.07, 6.45) is 6.90. The standard InChI is InChI=1S/C17H23N3O4/c21-16(22)12-1-3-13(4-2-12)19-17(23)20-10-7-15(11-20)24-14-5-8-18-9-6-14/h5-6,8-9,12-13,15H,1-4,7,10-11H2,(H,19,23)(H,21,22). The van der Waals surface area contributed by atoms with Gasteiger partial charge in [0.15, 0.2) is 0 Å². The predicted molar refractivity (Wildman–Crippen MR) is 86.8 cm³/mol. The Morgan fingerprint density at radius 3 is 2.54 bits per heavy atom. The molecule has 0 radical (unpaired) electrons. The maximum atomic E-state index is 12.4. The monoisotopic (exact) mass is 333 g/mol. The van der Waals surface area contributed by atoms with Gasteiger partial charge in [-0.05, 0) is 37.8 Å². The summed E-state index contributed by atoms with van der Waals surface area (Å²) in [5, 5.41) is 12.0. The molecule has 1 aromatic rings. The third kappa shape index (κ3) is 4.15. The number of aromatic nitrogens is 1. The number of hydrogen-bond acceptors (Lipinski definition) is 4. The van der Waals surface area contributed by atoms with Gasteiger partial charge in [-0.3, -0.25) is 9.78 Å². The number of pyridine rings is 1. The molecule has 2 fully saturated rings. The number of rotatable bonds is 4. The lowest BCUT2D eigenvalue weighted by atomic mass is 9.86. The molecule has 2 aliphatic rings. The molecule has 0 aromatic carbocycles. The number of likely N-dealkylation sites (tertiary alicyclic amines) is 1.